The van der Waals surface area contributed by atoms with Crippen LogP contribution < -0.4 is 10.2 Å². The molecule has 0 bridgehead atoms. The molecular weight excluding hydrogens is 331 g/mol. The van der Waals surface area contributed by atoms with E-state index in [2.05, 4.69) is 12.2 Å². The van der Waals surface area contributed by atoms with E-state index >= 15 is 0 Å². The molecule has 3 rings (SSSR count). The van der Waals surface area contributed by atoms with Crippen molar-refractivity contribution in [3.8, 4) is 0 Å². The highest BCUT2D eigenvalue weighted by molar-refractivity contribution is 6.35. The van der Waals surface area contributed by atoms with E-state index in [4.69, 9.17) is 23.2 Å². The molecule has 2 atom stereocenters. The highest BCUT2D eigenvalue weighted by atomic mass is 35.5. The lowest BCUT2D eigenvalue weighted by Gasteiger charge is -2.39. The van der Waals surface area contributed by atoms with E-state index in [1.54, 1.807) is 19.1 Å². The van der Waals surface area contributed by atoms with Crippen molar-refractivity contribution in [3.05, 3.63) is 58.1 Å². The van der Waals surface area contributed by atoms with Crippen LogP contribution in [0.25, 0.3) is 0 Å². The summed E-state index contributed by atoms with van der Waals surface area (Å²) in [6.07, 6.45) is 0.805. The Morgan fingerprint density at radius 2 is 1.96 bits per heavy atom. The molecule has 0 spiro atoms. The summed E-state index contributed by atoms with van der Waals surface area (Å²) in [5.41, 5.74) is 2.86. The average molecular weight is 349 g/mol. The number of para-hydroxylation sites is 1. The van der Waals surface area contributed by atoms with Gasteiger partial charge in [-0.25, -0.2) is 0 Å². The van der Waals surface area contributed by atoms with Crippen LogP contribution in [0.2, 0.25) is 10.0 Å². The van der Waals surface area contributed by atoms with Gasteiger partial charge in [-0.3, -0.25) is 4.79 Å². The maximum Gasteiger partial charge on any atom is 0.224 e. The van der Waals surface area contributed by atoms with Gasteiger partial charge in [0.2, 0.25) is 5.91 Å². The fourth-order valence-corrected chi connectivity index (χ4v) is 3.57. The van der Waals surface area contributed by atoms with Gasteiger partial charge in [0.15, 0.2) is 0 Å². The largest absolute Gasteiger partial charge is 0.377 e. The number of benzene rings is 2. The van der Waals surface area contributed by atoms with Crippen LogP contribution >= 0.6 is 23.2 Å². The van der Waals surface area contributed by atoms with Crippen molar-refractivity contribution in [1.82, 2.24) is 0 Å². The summed E-state index contributed by atoms with van der Waals surface area (Å²) < 4.78 is 0. The van der Waals surface area contributed by atoms with E-state index in [0.29, 0.717) is 10.0 Å². The van der Waals surface area contributed by atoms with Crippen LogP contribution in [0.3, 0.4) is 0 Å². The predicted octanol–water partition coefficient (Wildman–Crippen LogP) is 5.29. The topological polar surface area (TPSA) is 32.3 Å². The first-order valence-electron chi connectivity index (χ1n) is 7.57. The molecule has 120 valence electrons. The summed E-state index contributed by atoms with van der Waals surface area (Å²) in [4.78, 5) is 13.9. The molecule has 2 aromatic rings. The van der Waals surface area contributed by atoms with Crippen molar-refractivity contribution >= 4 is 40.5 Å². The van der Waals surface area contributed by atoms with Gasteiger partial charge < -0.3 is 10.2 Å². The number of fused-ring (bicyclic) bond motifs is 1. The van der Waals surface area contributed by atoms with Gasteiger partial charge in [0.05, 0.1) is 16.8 Å². The molecule has 5 heteroatoms. The number of nitrogens with one attached hydrogen (secondary N) is 1. The minimum atomic E-state index is 0.0594. The monoisotopic (exact) mass is 348 g/mol. The molecule has 1 N–H and O–H groups in total. The molecule has 1 amide bonds. The van der Waals surface area contributed by atoms with Gasteiger partial charge in [-0.15, -0.1) is 0 Å². The van der Waals surface area contributed by atoms with Crippen LogP contribution in [0.1, 0.15) is 31.9 Å². The van der Waals surface area contributed by atoms with Crippen molar-refractivity contribution < 1.29 is 4.79 Å². The van der Waals surface area contributed by atoms with Crippen molar-refractivity contribution in [2.45, 2.75) is 32.4 Å². The molecule has 23 heavy (non-hydrogen) atoms. The third-order valence-electron chi connectivity index (χ3n) is 4.19. The zero-order valence-corrected chi connectivity index (χ0v) is 14.5. The molecule has 1 heterocycles. The standard InChI is InChI=1S/C18H18Cl2N2O/c1-11-9-16(21-17-10-13(19)7-8-15(17)20)14-5-3-4-6-18(14)22(11)12(2)23/h3-8,10-11,16,21H,9H2,1-2H3/t11-,16+/m1/s1. The van der Waals surface area contributed by atoms with Crippen LogP contribution in [0.5, 0.6) is 0 Å². The van der Waals surface area contributed by atoms with Gasteiger partial charge >= 0.3 is 0 Å². The molecule has 0 saturated carbocycles. The molecule has 0 fully saturated rings. The van der Waals surface area contributed by atoms with E-state index in [9.17, 15) is 4.79 Å². The summed E-state index contributed by atoms with van der Waals surface area (Å²) in [7, 11) is 0. The van der Waals surface area contributed by atoms with Gasteiger partial charge in [-0.1, -0.05) is 41.4 Å². The number of halogens is 2. The molecule has 1 aliphatic heterocycles. The summed E-state index contributed by atoms with van der Waals surface area (Å²) in [5.74, 6) is 0.0594. The Labute approximate surface area is 146 Å². The maximum atomic E-state index is 12.0. The maximum absolute atomic E-state index is 12.0. The zero-order chi connectivity index (χ0) is 16.6. The van der Waals surface area contributed by atoms with Gasteiger partial charge in [-0.05, 0) is 43.2 Å². The van der Waals surface area contributed by atoms with E-state index in [1.165, 1.54) is 0 Å². The summed E-state index contributed by atoms with van der Waals surface area (Å²) in [6, 6.07) is 13.5. The molecule has 1 aliphatic rings. The average Bonchev–Trinajstić information content (AvgIpc) is 2.50. The fraction of sp³-hybridized carbons (Fsp3) is 0.278. The number of hydrogen-bond acceptors (Lipinski definition) is 2. The van der Waals surface area contributed by atoms with Gasteiger partial charge in [0, 0.05) is 23.7 Å². The SMILES string of the molecule is CC(=O)N1c2ccccc2[C@@H](Nc2cc(Cl)ccc2Cl)C[C@H]1C. The minimum Gasteiger partial charge on any atom is -0.377 e. The Hall–Kier alpha value is -1.71. The summed E-state index contributed by atoms with van der Waals surface area (Å²) in [5, 5.41) is 4.75. The lowest BCUT2D eigenvalue weighted by atomic mass is 9.91. The third kappa shape index (κ3) is 3.17. The molecular formula is C18H18Cl2N2O. The summed E-state index contributed by atoms with van der Waals surface area (Å²) in [6.45, 7) is 3.67. The second-order valence-corrected chi connectivity index (χ2v) is 6.70. The van der Waals surface area contributed by atoms with Crippen LogP contribution in [-0.2, 0) is 4.79 Å². The zero-order valence-electron chi connectivity index (χ0n) is 13.0. The Balaban J connectivity index is 1.99. The van der Waals surface area contributed by atoms with Gasteiger partial charge in [0.25, 0.3) is 0 Å². The number of anilines is 2. The highest BCUT2D eigenvalue weighted by Gasteiger charge is 2.32. The third-order valence-corrected chi connectivity index (χ3v) is 4.75. The van der Waals surface area contributed by atoms with E-state index in [-0.39, 0.29) is 18.0 Å². The highest BCUT2D eigenvalue weighted by Crippen LogP contribution is 2.40. The van der Waals surface area contributed by atoms with Crippen molar-refractivity contribution in [1.29, 1.82) is 0 Å². The van der Waals surface area contributed by atoms with Crippen LogP contribution in [0.15, 0.2) is 42.5 Å². The number of carbonyl (C=O) groups is 1. The quantitative estimate of drug-likeness (QED) is 0.799. The molecule has 3 nitrogen and oxygen atoms in total. The van der Waals surface area contributed by atoms with Crippen molar-refractivity contribution in [3.63, 3.8) is 0 Å². The van der Waals surface area contributed by atoms with E-state index in [0.717, 1.165) is 23.4 Å². The first kappa shape index (κ1) is 16.2. The molecule has 0 unspecified atom stereocenters. The second-order valence-electron chi connectivity index (χ2n) is 5.85. The van der Waals surface area contributed by atoms with Crippen molar-refractivity contribution in [2.75, 3.05) is 10.2 Å². The lowest BCUT2D eigenvalue weighted by molar-refractivity contribution is -0.117. The van der Waals surface area contributed by atoms with E-state index in [1.807, 2.05) is 35.2 Å². The molecule has 0 saturated heterocycles. The molecule has 0 aromatic heterocycles. The van der Waals surface area contributed by atoms with Crippen LogP contribution in [0.4, 0.5) is 11.4 Å². The Morgan fingerprint density at radius 1 is 1.22 bits per heavy atom. The van der Waals surface area contributed by atoms with Crippen LogP contribution in [-0.4, -0.2) is 11.9 Å². The second kappa shape index (κ2) is 6.42. The molecule has 2 aromatic carbocycles. The Kier molecular flexibility index (Phi) is 4.51. The number of amides is 1. The minimum absolute atomic E-state index is 0.0594. The summed E-state index contributed by atoms with van der Waals surface area (Å²) >= 11 is 12.3. The normalized spacial score (nSPS) is 20.1. The number of nitrogens with zero attached hydrogens (tertiary/aromatic N) is 1. The number of rotatable bonds is 2. The number of carbonyl (C=O) groups excluding carboxylic acids is 1. The van der Waals surface area contributed by atoms with Gasteiger partial charge in [0.1, 0.15) is 0 Å². The van der Waals surface area contributed by atoms with Crippen molar-refractivity contribution in [2.24, 2.45) is 0 Å². The first-order chi connectivity index (χ1) is 11.0. The van der Waals surface area contributed by atoms with Gasteiger partial charge in [-0.2, -0.15) is 0 Å². The molecule has 0 aliphatic carbocycles. The predicted molar refractivity (Wildman–Crippen MR) is 96.5 cm³/mol. The number of hydrogen-bond donors (Lipinski definition) is 1. The Morgan fingerprint density at radius 3 is 2.70 bits per heavy atom. The fourth-order valence-electron chi connectivity index (χ4n) is 3.22. The van der Waals surface area contributed by atoms with E-state index < -0.39 is 0 Å². The van der Waals surface area contributed by atoms with Crippen LogP contribution in [0, 0.1) is 0 Å². The molecule has 0 radical (unpaired) electrons. The first-order valence-corrected chi connectivity index (χ1v) is 8.33. The lowest BCUT2D eigenvalue weighted by Crippen LogP contribution is -2.43. The smallest absolute Gasteiger partial charge is 0.224 e. The Bertz CT molecular complexity index is 748.